The molecule has 0 aromatic heterocycles. The molecule has 2 amide bonds. The molecule has 128 valence electrons. The molecule has 0 saturated heterocycles. The van der Waals surface area contributed by atoms with Crippen LogP contribution in [0.2, 0.25) is 0 Å². The fourth-order valence-corrected chi connectivity index (χ4v) is 3.90. The quantitative estimate of drug-likeness (QED) is 0.835. The van der Waals surface area contributed by atoms with Crippen molar-refractivity contribution in [2.24, 2.45) is 0 Å². The summed E-state index contributed by atoms with van der Waals surface area (Å²) in [6.07, 6.45) is 4.91. The van der Waals surface area contributed by atoms with Gasteiger partial charge < -0.3 is 15.4 Å². The molecule has 6 heteroatoms. The van der Waals surface area contributed by atoms with Crippen molar-refractivity contribution < 1.29 is 13.7 Å². The second-order valence-corrected chi connectivity index (χ2v) is 7.63. The number of nitrogens with one attached hydrogen (secondary N) is 2. The van der Waals surface area contributed by atoms with Crippen LogP contribution in [-0.4, -0.2) is 41.9 Å². The molecule has 1 aromatic carbocycles. The van der Waals surface area contributed by atoms with Crippen LogP contribution in [0.3, 0.4) is 0 Å². The lowest BCUT2D eigenvalue weighted by Gasteiger charge is -2.26. The number of aryl methyl sites for hydroxylation is 1. The van der Waals surface area contributed by atoms with Crippen LogP contribution in [0.1, 0.15) is 36.8 Å². The summed E-state index contributed by atoms with van der Waals surface area (Å²) in [6.45, 7) is 2.48. The molecule has 0 aliphatic heterocycles. The Bertz CT molecular complexity index is 577. The average molecular weight is 338 g/mol. The van der Waals surface area contributed by atoms with Gasteiger partial charge in [-0.15, -0.1) is 0 Å². The lowest BCUT2D eigenvalue weighted by Crippen LogP contribution is -2.44. The zero-order valence-electron chi connectivity index (χ0n) is 14.1. The first kappa shape index (κ1) is 17.8. The first-order chi connectivity index (χ1) is 11.0. The third-order valence-electron chi connectivity index (χ3n) is 4.16. The van der Waals surface area contributed by atoms with E-state index in [0.29, 0.717) is 18.2 Å². The second kappa shape index (κ2) is 8.34. The maximum Gasteiger partial charge on any atom is 0.315 e. The van der Waals surface area contributed by atoms with Gasteiger partial charge in [-0.25, -0.2) is 4.79 Å². The number of carbonyl (C=O) groups excluding carboxylic acids is 1. The van der Waals surface area contributed by atoms with Crippen molar-refractivity contribution in [1.29, 1.82) is 0 Å². The Labute approximate surface area is 140 Å². The Morgan fingerprint density at radius 2 is 2.26 bits per heavy atom. The monoisotopic (exact) mass is 338 g/mol. The summed E-state index contributed by atoms with van der Waals surface area (Å²) in [5.41, 5.74) is 2.62. The van der Waals surface area contributed by atoms with Crippen LogP contribution >= 0.6 is 0 Å². The zero-order chi connectivity index (χ0) is 16.8. The van der Waals surface area contributed by atoms with E-state index in [1.54, 1.807) is 13.4 Å². The van der Waals surface area contributed by atoms with E-state index in [4.69, 9.17) is 4.74 Å². The lowest BCUT2D eigenvalue weighted by molar-refractivity contribution is 0.237. The Morgan fingerprint density at radius 1 is 1.48 bits per heavy atom. The molecular weight excluding hydrogens is 312 g/mol. The Hall–Kier alpha value is -1.56. The Morgan fingerprint density at radius 3 is 2.96 bits per heavy atom. The van der Waals surface area contributed by atoms with Crippen molar-refractivity contribution in [2.75, 3.05) is 25.7 Å². The van der Waals surface area contributed by atoms with Crippen molar-refractivity contribution in [3.8, 4) is 5.75 Å². The van der Waals surface area contributed by atoms with E-state index < -0.39 is 10.8 Å². The molecule has 5 nitrogen and oxygen atoms in total. The molecule has 0 fully saturated rings. The number of benzene rings is 1. The summed E-state index contributed by atoms with van der Waals surface area (Å²) >= 11 is 0. The standard InChI is InChI=1S/C17H26N2O3S/c1-12(11-23(3)21)19-17(20)18-10-14-6-4-5-13-9-15(22-2)7-8-16(13)14/h7-9,12,14H,4-6,10-11H2,1-3H3,(H2,18,19,20)/t12-,14+,23-/m0/s1. The molecule has 2 N–H and O–H groups in total. The normalized spacial score (nSPS) is 19.3. The van der Waals surface area contributed by atoms with Crippen molar-refractivity contribution in [2.45, 2.75) is 38.1 Å². The summed E-state index contributed by atoms with van der Waals surface area (Å²) in [7, 11) is 0.771. The molecule has 0 saturated carbocycles. The zero-order valence-corrected chi connectivity index (χ0v) is 14.9. The van der Waals surface area contributed by atoms with Crippen LogP contribution < -0.4 is 15.4 Å². The fourth-order valence-electron chi connectivity index (χ4n) is 3.11. The molecule has 0 radical (unpaired) electrons. The van der Waals surface area contributed by atoms with E-state index in [2.05, 4.69) is 22.8 Å². The van der Waals surface area contributed by atoms with Gasteiger partial charge in [0, 0.05) is 41.3 Å². The number of methoxy groups -OCH3 is 1. The predicted octanol–water partition coefficient (Wildman–Crippen LogP) is 2.18. The van der Waals surface area contributed by atoms with E-state index in [1.807, 2.05) is 13.0 Å². The van der Waals surface area contributed by atoms with Gasteiger partial charge in [0.1, 0.15) is 5.75 Å². The molecule has 0 bridgehead atoms. The van der Waals surface area contributed by atoms with E-state index in [9.17, 15) is 9.00 Å². The molecule has 23 heavy (non-hydrogen) atoms. The molecule has 1 aliphatic carbocycles. The Balaban J connectivity index is 1.90. The third kappa shape index (κ3) is 5.23. The number of hydrogen-bond acceptors (Lipinski definition) is 3. The van der Waals surface area contributed by atoms with Crippen molar-refractivity contribution in [3.05, 3.63) is 29.3 Å². The summed E-state index contributed by atoms with van der Waals surface area (Å²) in [4.78, 5) is 11.9. The van der Waals surface area contributed by atoms with Crippen LogP contribution in [0, 0.1) is 0 Å². The van der Waals surface area contributed by atoms with Gasteiger partial charge in [0.15, 0.2) is 0 Å². The van der Waals surface area contributed by atoms with Crippen molar-refractivity contribution in [3.63, 3.8) is 0 Å². The lowest BCUT2D eigenvalue weighted by atomic mass is 9.82. The molecule has 1 aliphatic rings. The number of fused-ring (bicyclic) bond motifs is 1. The van der Waals surface area contributed by atoms with E-state index in [-0.39, 0.29) is 12.1 Å². The third-order valence-corrected chi connectivity index (χ3v) is 5.13. The van der Waals surface area contributed by atoms with Gasteiger partial charge in [0.25, 0.3) is 0 Å². The molecule has 3 atom stereocenters. The number of hydrogen-bond donors (Lipinski definition) is 2. The number of urea groups is 1. The maximum absolute atomic E-state index is 11.9. The first-order valence-electron chi connectivity index (χ1n) is 8.00. The van der Waals surface area contributed by atoms with Gasteiger partial charge in [-0.05, 0) is 49.4 Å². The van der Waals surface area contributed by atoms with Gasteiger partial charge in [-0.1, -0.05) is 6.07 Å². The molecule has 2 rings (SSSR count). The number of amides is 2. The van der Waals surface area contributed by atoms with Crippen molar-refractivity contribution in [1.82, 2.24) is 10.6 Å². The molecule has 1 aromatic rings. The summed E-state index contributed by atoms with van der Waals surface area (Å²) in [6, 6.07) is 5.91. The molecular formula is C17H26N2O3S. The van der Waals surface area contributed by atoms with Gasteiger partial charge in [0.05, 0.1) is 7.11 Å². The topological polar surface area (TPSA) is 67.4 Å². The van der Waals surface area contributed by atoms with Gasteiger partial charge in [0.2, 0.25) is 0 Å². The van der Waals surface area contributed by atoms with Gasteiger partial charge in [-0.3, -0.25) is 4.21 Å². The van der Waals surface area contributed by atoms with Gasteiger partial charge in [-0.2, -0.15) is 0 Å². The smallest absolute Gasteiger partial charge is 0.315 e. The average Bonchev–Trinajstić information content (AvgIpc) is 2.51. The predicted molar refractivity (Wildman–Crippen MR) is 93.6 cm³/mol. The maximum atomic E-state index is 11.9. The number of carbonyl (C=O) groups is 1. The Kier molecular flexibility index (Phi) is 6.45. The second-order valence-electron chi connectivity index (χ2n) is 6.15. The summed E-state index contributed by atoms with van der Waals surface area (Å²) in [5, 5.41) is 5.78. The van der Waals surface area contributed by atoms with Crippen LogP contribution in [0.4, 0.5) is 4.79 Å². The highest BCUT2D eigenvalue weighted by atomic mass is 32.2. The van der Waals surface area contributed by atoms with E-state index in [1.165, 1.54) is 11.1 Å². The van der Waals surface area contributed by atoms with Crippen LogP contribution in [0.5, 0.6) is 5.75 Å². The highest BCUT2D eigenvalue weighted by Crippen LogP contribution is 2.33. The SMILES string of the molecule is COc1ccc2c(c1)CCC[C@@H]2CNC(=O)N[C@@H](C)C[S@](C)=O. The van der Waals surface area contributed by atoms with Crippen molar-refractivity contribution >= 4 is 16.8 Å². The largest absolute Gasteiger partial charge is 0.497 e. The minimum atomic E-state index is -0.908. The first-order valence-corrected chi connectivity index (χ1v) is 9.73. The molecule has 0 heterocycles. The highest BCUT2D eigenvalue weighted by molar-refractivity contribution is 7.84. The highest BCUT2D eigenvalue weighted by Gasteiger charge is 2.21. The summed E-state index contributed by atoms with van der Waals surface area (Å²) in [5.74, 6) is 1.70. The van der Waals surface area contributed by atoms with E-state index in [0.717, 1.165) is 25.0 Å². The number of rotatable bonds is 6. The minimum absolute atomic E-state index is 0.0938. The minimum Gasteiger partial charge on any atom is -0.497 e. The molecule has 0 spiro atoms. The van der Waals surface area contributed by atoms with Crippen LogP contribution in [0.15, 0.2) is 18.2 Å². The molecule has 0 unspecified atom stereocenters. The van der Waals surface area contributed by atoms with Gasteiger partial charge >= 0.3 is 6.03 Å². The fraction of sp³-hybridized carbons (Fsp3) is 0.588. The number of ether oxygens (including phenoxy) is 1. The van der Waals surface area contributed by atoms with Crippen LogP contribution in [0.25, 0.3) is 0 Å². The van der Waals surface area contributed by atoms with Crippen LogP contribution in [-0.2, 0) is 17.2 Å². The van der Waals surface area contributed by atoms with E-state index >= 15 is 0 Å². The summed E-state index contributed by atoms with van der Waals surface area (Å²) < 4.78 is 16.4.